The zero-order valence-corrected chi connectivity index (χ0v) is 11.8. The first-order valence-electron chi connectivity index (χ1n) is 6.63. The Labute approximate surface area is 113 Å². The molecular formula is C14H23NO4. The maximum absolute atomic E-state index is 11.8. The number of carbonyl (C=O) groups is 1. The zero-order chi connectivity index (χ0) is 14.3. The van der Waals surface area contributed by atoms with Crippen LogP contribution in [0.3, 0.4) is 0 Å². The summed E-state index contributed by atoms with van der Waals surface area (Å²) in [5.74, 6) is 0.190. The van der Waals surface area contributed by atoms with Gasteiger partial charge in [0.2, 0.25) is 5.91 Å². The molecule has 0 saturated heterocycles. The lowest BCUT2D eigenvalue weighted by Gasteiger charge is -2.22. The van der Waals surface area contributed by atoms with Gasteiger partial charge in [-0.05, 0) is 32.4 Å². The molecular weight excluding hydrogens is 246 g/mol. The van der Waals surface area contributed by atoms with Crippen molar-refractivity contribution in [2.45, 2.75) is 45.3 Å². The molecule has 5 heteroatoms. The number of hydrogen-bond donors (Lipinski definition) is 2. The summed E-state index contributed by atoms with van der Waals surface area (Å²) < 4.78 is 10.5. The Bertz CT molecular complexity index is 373. The zero-order valence-electron chi connectivity index (χ0n) is 11.8. The number of hydrogen-bond acceptors (Lipinski definition) is 4. The smallest absolute Gasteiger partial charge is 0.248 e. The molecule has 1 heterocycles. The van der Waals surface area contributed by atoms with Crippen molar-refractivity contribution in [2.24, 2.45) is 0 Å². The van der Waals surface area contributed by atoms with Crippen molar-refractivity contribution in [2.75, 3.05) is 13.2 Å². The minimum atomic E-state index is -1.22. The Kier molecular flexibility index (Phi) is 6.05. The lowest BCUT2D eigenvalue weighted by atomic mass is 10.0. The van der Waals surface area contributed by atoms with E-state index in [-0.39, 0.29) is 12.5 Å². The summed E-state index contributed by atoms with van der Waals surface area (Å²) in [5, 5.41) is 12.8. The number of ether oxygens (including phenoxy) is 1. The summed E-state index contributed by atoms with van der Waals surface area (Å²) in [6, 6.07) is 3.37. The van der Waals surface area contributed by atoms with Gasteiger partial charge in [-0.1, -0.05) is 13.3 Å². The third kappa shape index (κ3) is 5.04. The van der Waals surface area contributed by atoms with E-state index in [2.05, 4.69) is 12.2 Å². The van der Waals surface area contributed by atoms with Gasteiger partial charge in [0.05, 0.1) is 12.8 Å². The van der Waals surface area contributed by atoms with Crippen molar-refractivity contribution in [3.63, 3.8) is 0 Å². The molecule has 0 radical (unpaired) electrons. The summed E-state index contributed by atoms with van der Waals surface area (Å²) in [6.07, 6.45) is 2.93. The maximum atomic E-state index is 11.8. The van der Waals surface area contributed by atoms with Crippen LogP contribution in [0.15, 0.2) is 22.8 Å². The molecule has 19 heavy (non-hydrogen) atoms. The molecule has 0 bridgehead atoms. The Balaban J connectivity index is 2.37. The highest BCUT2D eigenvalue weighted by Crippen LogP contribution is 2.19. The lowest BCUT2D eigenvalue weighted by molar-refractivity contribution is -0.133. The molecule has 0 aromatic carbocycles. The van der Waals surface area contributed by atoms with Gasteiger partial charge in [0.1, 0.15) is 17.5 Å². The van der Waals surface area contributed by atoms with Crippen LogP contribution in [0.2, 0.25) is 0 Å². The van der Waals surface area contributed by atoms with Crippen molar-refractivity contribution >= 4 is 5.91 Å². The minimum Gasteiger partial charge on any atom is -0.466 e. The molecule has 1 aromatic heterocycles. The topological polar surface area (TPSA) is 71.7 Å². The van der Waals surface area contributed by atoms with Crippen LogP contribution in [0.25, 0.3) is 0 Å². The van der Waals surface area contributed by atoms with Gasteiger partial charge in [-0.2, -0.15) is 0 Å². The van der Waals surface area contributed by atoms with Crippen LogP contribution in [0, 0.1) is 0 Å². The van der Waals surface area contributed by atoms with Crippen LogP contribution in [-0.2, 0) is 15.1 Å². The Hall–Kier alpha value is -1.33. The maximum Gasteiger partial charge on any atom is 0.248 e. The van der Waals surface area contributed by atoms with Gasteiger partial charge in [0.25, 0.3) is 0 Å². The van der Waals surface area contributed by atoms with Crippen LogP contribution in [0.4, 0.5) is 0 Å². The number of amides is 1. The SMILES string of the molecule is CCCCOC(C)C(=O)NCC(C)(O)c1ccco1. The van der Waals surface area contributed by atoms with Gasteiger partial charge in [0, 0.05) is 6.61 Å². The van der Waals surface area contributed by atoms with Gasteiger partial charge in [-0.25, -0.2) is 0 Å². The van der Waals surface area contributed by atoms with E-state index in [4.69, 9.17) is 9.15 Å². The third-order valence-corrected chi connectivity index (χ3v) is 2.89. The highest BCUT2D eigenvalue weighted by molar-refractivity contribution is 5.80. The molecule has 0 fully saturated rings. The highest BCUT2D eigenvalue weighted by Gasteiger charge is 2.27. The van der Waals surface area contributed by atoms with Gasteiger partial charge >= 0.3 is 0 Å². The van der Waals surface area contributed by atoms with E-state index < -0.39 is 11.7 Å². The van der Waals surface area contributed by atoms with Crippen molar-refractivity contribution in [3.05, 3.63) is 24.2 Å². The first-order chi connectivity index (χ1) is 8.97. The van der Waals surface area contributed by atoms with Gasteiger partial charge in [0.15, 0.2) is 0 Å². The van der Waals surface area contributed by atoms with Crippen molar-refractivity contribution < 1.29 is 19.1 Å². The normalized spacial score (nSPS) is 15.8. The monoisotopic (exact) mass is 269 g/mol. The molecule has 108 valence electrons. The molecule has 2 N–H and O–H groups in total. The van der Waals surface area contributed by atoms with E-state index in [9.17, 15) is 9.90 Å². The fraction of sp³-hybridized carbons (Fsp3) is 0.643. The van der Waals surface area contributed by atoms with E-state index in [0.717, 1.165) is 12.8 Å². The lowest BCUT2D eigenvalue weighted by Crippen LogP contribution is -2.42. The molecule has 2 atom stereocenters. The molecule has 1 aromatic rings. The van der Waals surface area contributed by atoms with Crippen LogP contribution in [-0.4, -0.2) is 30.3 Å². The van der Waals surface area contributed by atoms with E-state index in [1.165, 1.54) is 6.26 Å². The summed E-state index contributed by atoms with van der Waals surface area (Å²) in [4.78, 5) is 11.8. The number of unbranched alkanes of at least 4 members (excludes halogenated alkanes) is 1. The minimum absolute atomic E-state index is 0.0842. The number of rotatable bonds is 8. The molecule has 0 saturated carbocycles. The van der Waals surface area contributed by atoms with E-state index in [1.807, 2.05) is 0 Å². The second kappa shape index (κ2) is 7.31. The van der Waals surface area contributed by atoms with E-state index in [1.54, 1.807) is 26.0 Å². The molecule has 5 nitrogen and oxygen atoms in total. The van der Waals surface area contributed by atoms with E-state index in [0.29, 0.717) is 12.4 Å². The van der Waals surface area contributed by atoms with Gasteiger partial charge in [-0.15, -0.1) is 0 Å². The predicted octanol–water partition coefficient (Wildman–Crippen LogP) is 1.81. The Morgan fingerprint density at radius 2 is 2.37 bits per heavy atom. The second-order valence-electron chi connectivity index (χ2n) is 4.84. The van der Waals surface area contributed by atoms with Crippen LogP contribution < -0.4 is 5.32 Å². The Morgan fingerprint density at radius 1 is 1.63 bits per heavy atom. The average molecular weight is 269 g/mol. The van der Waals surface area contributed by atoms with Crippen LogP contribution >= 0.6 is 0 Å². The van der Waals surface area contributed by atoms with Crippen LogP contribution in [0.1, 0.15) is 39.4 Å². The summed E-state index contributed by atoms with van der Waals surface area (Å²) in [5.41, 5.74) is -1.22. The first-order valence-corrected chi connectivity index (χ1v) is 6.63. The molecule has 0 aliphatic carbocycles. The second-order valence-corrected chi connectivity index (χ2v) is 4.84. The molecule has 1 rings (SSSR count). The van der Waals surface area contributed by atoms with Gasteiger partial charge < -0.3 is 19.6 Å². The first kappa shape index (κ1) is 15.7. The van der Waals surface area contributed by atoms with Gasteiger partial charge in [-0.3, -0.25) is 4.79 Å². The quantitative estimate of drug-likeness (QED) is 0.706. The predicted molar refractivity (Wildman–Crippen MR) is 71.6 cm³/mol. The number of nitrogens with one attached hydrogen (secondary N) is 1. The summed E-state index contributed by atoms with van der Waals surface area (Å²) in [7, 11) is 0. The van der Waals surface area contributed by atoms with E-state index >= 15 is 0 Å². The molecule has 0 aliphatic rings. The third-order valence-electron chi connectivity index (χ3n) is 2.89. The molecule has 0 aliphatic heterocycles. The molecule has 2 unspecified atom stereocenters. The number of aliphatic hydroxyl groups is 1. The fourth-order valence-corrected chi connectivity index (χ4v) is 1.56. The number of carbonyl (C=O) groups excluding carboxylic acids is 1. The molecule has 1 amide bonds. The molecule has 0 spiro atoms. The Morgan fingerprint density at radius 3 is 2.95 bits per heavy atom. The van der Waals surface area contributed by atoms with Crippen LogP contribution in [0.5, 0.6) is 0 Å². The highest BCUT2D eigenvalue weighted by atomic mass is 16.5. The van der Waals surface area contributed by atoms with Crippen molar-refractivity contribution in [1.29, 1.82) is 0 Å². The largest absolute Gasteiger partial charge is 0.466 e. The average Bonchev–Trinajstić information content (AvgIpc) is 2.90. The standard InChI is InChI=1S/C14H23NO4/c1-4-5-8-18-11(2)13(16)15-10-14(3,17)12-7-6-9-19-12/h6-7,9,11,17H,4-5,8,10H2,1-3H3,(H,15,16). The number of furan rings is 1. The van der Waals surface area contributed by atoms with Crippen molar-refractivity contribution in [3.8, 4) is 0 Å². The summed E-state index contributed by atoms with van der Waals surface area (Å²) in [6.45, 7) is 6.01. The summed E-state index contributed by atoms with van der Waals surface area (Å²) >= 11 is 0. The van der Waals surface area contributed by atoms with Crippen molar-refractivity contribution in [1.82, 2.24) is 5.32 Å². The fourth-order valence-electron chi connectivity index (χ4n) is 1.56.